The van der Waals surface area contributed by atoms with Gasteiger partial charge in [-0.15, -0.1) is 0 Å². The molecule has 2 heterocycles. The molecule has 0 radical (unpaired) electrons. The number of methoxy groups -OCH3 is 2. The first-order valence-electron chi connectivity index (χ1n) is 11.8. The summed E-state index contributed by atoms with van der Waals surface area (Å²) in [7, 11) is 2.39. The van der Waals surface area contributed by atoms with E-state index in [0.29, 0.717) is 33.7 Å². The summed E-state index contributed by atoms with van der Waals surface area (Å²) in [5, 5.41) is 20.1. The predicted octanol–water partition coefficient (Wildman–Crippen LogP) is 3.83. The van der Waals surface area contributed by atoms with Gasteiger partial charge in [-0.05, 0) is 35.9 Å². The molecular weight excluding hydrogens is 498 g/mol. The van der Waals surface area contributed by atoms with Crippen LogP contribution in [0.25, 0.3) is 22.4 Å². The fourth-order valence-corrected chi connectivity index (χ4v) is 4.71. The van der Waals surface area contributed by atoms with Gasteiger partial charge < -0.3 is 25.3 Å². The number of allylic oxidation sites excluding steroid dienone is 1. The Morgan fingerprint density at radius 3 is 2.44 bits per heavy atom. The quantitative estimate of drug-likeness (QED) is 0.332. The van der Waals surface area contributed by atoms with Crippen molar-refractivity contribution < 1.29 is 24.2 Å². The number of aromatic amines is 1. The predicted molar refractivity (Wildman–Crippen MR) is 143 cm³/mol. The molecule has 1 atom stereocenters. The van der Waals surface area contributed by atoms with Crippen molar-refractivity contribution in [2.45, 2.75) is 5.92 Å². The molecule has 4 N–H and O–H groups in total. The molecule has 1 aliphatic rings. The summed E-state index contributed by atoms with van der Waals surface area (Å²) < 4.78 is 10.1. The number of esters is 2. The lowest BCUT2D eigenvalue weighted by Gasteiger charge is -2.35. The summed E-state index contributed by atoms with van der Waals surface area (Å²) in [5.41, 5.74) is 9.23. The van der Waals surface area contributed by atoms with Gasteiger partial charge >= 0.3 is 11.9 Å². The second-order valence-electron chi connectivity index (χ2n) is 8.67. The van der Waals surface area contributed by atoms with Gasteiger partial charge in [-0.3, -0.25) is 4.90 Å². The monoisotopic (exact) mass is 521 g/mol. The van der Waals surface area contributed by atoms with Crippen molar-refractivity contribution in [3.8, 4) is 23.2 Å². The second-order valence-corrected chi connectivity index (χ2v) is 8.67. The molecule has 39 heavy (non-hydrogen) atoms. The number of nitriles is 1. The minimum Gasteiger partial charge on any atom is -0.508 e. The van der Waals surface area contributed by atoms with Gasteiger partial charge in [0, 0.05) is 5.56 Å². The molecule has 1 aliphatic heterocycles. The third-order valence-corrected chi connectivity index (χ3v) is 6.45. The van der Waals surface area contributed by atoms with E-state index in [1.165, 1.54) is 19.1 Å². The van der Waals surface area contributed by atoms with E-state index in [0.717, 1.165) is 0 Å². The first-order valence-corrected chi connectivity index (χ1v) is 11.8. The van der Waals surface area contributed by atoms with Gasteiger partial charge in [0.2, 0.25) is 0 Å². The number of ether oxygens (including phenoxy) is 2. The Hall–Kier alpha value is -5.56. The van der Waals surface area contributed by atoms with E-state index in [-0.39, 0.29) is 28.4 Å². The Balaban J connectivity index is 1.74. The zero-order valence-electron chi connectivity index (χ0n) is 21.0. The van der Waals surface area contributed by atoms with Crippen molar-refractivity contribution in [3.05, 3.63) is 101 Å². The molecule has 1 aromatic heterocycles. The van der Waals surface area contributed by atoms with Gasteiger partial charge in [-0.2, -0.15) is 5.26 Å². The number of H-pyrrole nitrogens is 1. The Morgan fingerprint density at radius 2 is 1.77 bits per heavy atom. The number of hydrogen-bond donors (Lipinski definition) is 3. The Labute approximate surface area is 223 Å². The first kappa shape index (κ1) is 25.1. The normalized spacial score (nSPS) is 15.3. The van der Waals surface area contributed by atoms with Gasteiger partial charge in [-0.25, -0.2) is 14.6 Å². The van der Waals surface area contributed by atoms with Crippen LogP contribution in [0.4, 0.5) is 5.69 Å². The number of hydrogen-bond acceptors (Lipinski definition) is 9. The molecule has 1 unspecified atom stereocenters. The number of rotatable bonds is 5. The van der Waals surface area contributed by atoms with Crippen LogP contribution in [-0.2, 0) is 19.1 Å². The third kappa shape index (κ3) is 4.32. The highest BCUT2D eigenvalue weighted by atomic mass is 16.5. The second kappa shape index (κ2) is 10.1. The minimum absolute atomic E-state index is 0.0357. The number of benzene rings is 3. The molecular formula is C29H23N5O5. The number of aromatic nitrogens is 2. The highest BCUT2D eigenvalue weighted by molar-refractivity contribution is 6.06. The summed E-state index contributed by atoms with van der Waals surface area (Å²) in [5.74, 6) is -2.01. The average molecular weight is 522 g/mol. The number of imidazole rings is 1. The van der Waals surface area contributed by atoms with E-state index in [9.17, 15) is 20.0 Å². The molecule has 4 aromatic rings. The molecule has 0 spiro atoms. The lowest BCUT2D eigenvalue weighted by molar-refractivity contribution is -0.139. The summed E-state index contributed by atoms with van der Waals surface area (Å²) >= 11 is 0. The molecule has 10 nitrogen and oxygen atoms in total. The first-order chi connectivity index (χ1) is 18.9. The summed E-state index contributed by atoms with van der Waals surface area (Å²) in [6.45, 7) is 0. The number of nitrogens with zero attached hydrogens (tertiary/aromatic N) is 3. The van der Waals surface area contributed by atoms with Crippen molar-refractivity contribution >= 4 is 28.7 Å². The van der Waals surface area contributed by atoms with E-state index in [2.05, 4.69) is 16.0 Å². The fraction of sp³-hybridized carbons (Fsp3) is 0.103. The van der Waals surface area contributed by atoms with Gasteiger partial charge in [-0.1, -0.05) is 42.5 Å². The molecule has 0 saturated carbocycles. The standard InChI is InChI=1S/C29H23N5O5/c1-38-28(36)24-23(16-7-4-3-5-8-16)20(15-30)26(31)34(25(24)29(37)39-2)18-11-12-21-22(14-18)33-27(32-21)17-9-6-10-19(35)13-17/h3-14,23,35H,31H2,1-2H3,(H,32,33). The average Bonchev–Trinajstić information content (AvgIpc) is 3.39. The Bertz CT molecular complexity index is 1710. The number of carbonyl (C=O) groups is 2. The van der Waals surface area contributed by atoms with Crippen molar-refractivity contribution in [1.29, 1.82) is 5.26 Å². The highest BCUT2D eigenvalue weighted by Gasteiger charge is 2.43. The van der Waals surface area contributed by atoms with Gasteiger partial charge in [0.15, 0.2) is 0 Å². The van der Waals surface area contributed by atoms with E-state index in [1.54, 1.807) is 72.8 Å². The summed E-state index contributed by atoms with van der Waals surface area (Å²) in [4.78, 5) is 35.6. The van der Waals surface area contributed by atoms with E-state index >= 15 is 0 Å². The topological polar surface area (TPSA) is 155 Å². The Morgan fingerprint density at radius 1 is 1.03 bits per heavy atom. The van der Waals surface area contributed by atoms with Crippen molar-refractivity contribution in [1.82, 2.24) is 9.97 Å². The molecule has 3 aromatic carbocycles. The van der Waals surface area contributed by atoms with E-state index < -0.39 is 17.9 Å². The maximum Gasteiger partial charge on any atom is 0.355 e. The largest absolute Gasteiger partial charge is 0.508 e. The molecule has 0 saturated heterocycles. The van der Waals surface area contributed by atoms with Crippen LogP contribution in [0.2, 0.25) is 0 Å². The van der Waals surface area contributed by atoms with Crippen LogP contribution in [0.1, 0.15) is 11.5 Å². The molecule has 0 bridgehead atoms. The smallest absolute Gasteiger partial charge is 0.355 e. The Kier molecular flexibility index (Phi) is 6.48. The minimum atomic E-state index is -0.956. The molecule has 0 fully saturated rings. The lowest BCUT2D eigenvalue weighted by atomic mass is 9.81. The zero-order valence-corrected chi connectivity index (χ0v) is 21.0. The lowest BCUT2D eigenvalue weighted by Crippen LogP contribution is -2.40. The number of nitrogens with one attached hydrogen (secondary N) is 1. The maximum atomic E-state index is 13.2. The highest BCUT2D eigenvalue weighted by Crippen LogP contribution is 2.43. The number of anilines is 1. The maximum absolute atomic E-state index is 13.2. The number of aromatic hydroxyl groups is 1. The van der Waals surface area contributed by atoms with Crippen LogP contribution in [0.5, 0.6) is 5.75 Å². The third-order valence-electron chi connectivity index (χ3n) is 6.45. The number of fused-ring (bicyclic) bond motifs is 1. The van der Waals surface area contributed by atoms with E-state index in [1.807, 2.05) is 0 Å². The summed E-state index contributed by atoms with van der Waals surface area (Å²) in [6.07, 6.45) is 0. The van der Waals surface area contributed by atoms with Crippen LogP contribution < -0.4 is 10.6 Å². The number of phenols is 1. The molecule has 194 valence electrons. The van der Waals surface area contributed by atoms with Crippen LogP contribution in [0.3, 0.4) is 0 Å². The van der Waals surface area contributed by atoms with Crippen LogP contribution >= 0.6 is 0 Å². The summed E-state index contributed by atoms with van der Waals surface area (Å²) in [6, 6.07) is 22.6. The molecule has 5 rings (SSSR count). The number of phenolic OH excluding ortho intramolecular Hbond substituents is 1. The van der Waals surface area contributed by atoms with Crippen molar-refractivity contribution in [3.63, 3.8) is 0 Å². The number of nitrogens with two attached hydrogens (primary N) is 1. The number of carbonyl (C=O) groups excluding carboxylic acids is 2. The van der Waals surface area contributed by atoms with Crippen LogP contribution in [0, 0.1) is 11.3 Å². The van der Waals surface area contributed by atoms with Crippen molar-refractivity contribution in [2.75, 3.05) is 19.1 Å². The van der Waals surface area contributed by atoms with Gasteiger partial charge in [0.25, 0.3) is 0 Å². The van der Waals surface area contributed by atoms with Gasteiger partial charge in [0.1, 0.15) is 23.1 Å². The van der Waals surface area contributed by atoms with Crippen LogP contribution in [-0.4, -0.2) is 41.2 Å². The van der Waals surface area contributed by atoms with Crippen LogP contribution in [0.15, 0.2) is 95.5 Å². The van der Waals surface area contributed by atoms with Gasteiger partial charge in [0.05, 0.1) is 54.1 Å². The van der Waals surface area contributed by atoms with E-state index in [4.69, 9.17) is 15.2 Å². The molecule has 0 aliphatic carbocycles. The molecule has 10 heteroatoms. The molecule has 0 amide bonds. The zero-order chi connectivity index (χ0) is 27.7. The van der Waals surface area contributed by atoms with Crippen molar-refractivity contribution in [2.24, 2.45) is 5.73 Å². The fourth-order valence-electron chi connectivity index (χ4n) is 4.71. The SMILES string of the molecule is COC(=O)C1=C(C(=O)OC)N(c2ccc3nc(-c4cccc(O)c4)[nH]c3c2)C(N)=C(C#N)C1c1ccccc1.